The van der Waals surface area contributed by atoms with E-state index in [1.807, 2.05) is 0 Å². The molecule has 0 spiro atoms. The minimum atomic E-state index is -0.126. The molecular weight excluding hydrogens is 300 g/mol. The van der Waals surface area contributed by atoms with Crippen LogP contribution in [0.3, 0.4) is 0 Å². The summed E-state index contributed by atoms with van der Waals surface area (Å²) in [5, 5.41) is 10.5. The van der Waals surface area contributed by atoms with Gasteiger partial charge in [-0.3, -0.25) is 14.7 Å². The number of phenolic OH excluding ortho intramolecular Hbond substituents is 1. The van der Waals surface area contributed by atoms with E-state index in [9.17, 15) is 9.90 Å². The number of thioether (sulfide) groups is 1. The highest BCUT2D eigenvalue weighted by molar-refractivity contribution is 8.18. The number of benzene rings is 1. The number of carbonyl (C=O) groups is 1. The van der Waals surface area contributed by atoms with Crippen molar-refractivity contribution in [1.29, 1.82) is 0 Å². The van der Waals surface area contributed by atoms with Crippen LogP contribution in [-0.4, -0.2) is 42.3 Å². The molecule has 1 aliphatic rings. The van der Waals surface area contributed by atoms with E-state index in [1.165, 1.54) is 23.8 Å². The second kappa shape index (κ2) is 5.76. The smallest absolute Gasteiger partial charge is 0.266 e. The Labute approximate surface area is 125 Å². The average molecular weight is 313 g/mol. The topological polar surface area (TPSA) is 62.1 Å². The minimum Gasteiger partial charge on any atom is -0.503 e. The van der Waals surface area contributed by atoms with Crippen molar-refractivity contribution >= 4 is 40.5 Å². The van der Waals surface area contributed by atoms with Crippen LogP contribution < -0.4 is 4.74 Å². The lowest BCUT2D eigenvalue weighted by Gasteiger charge is -2.07. The number of hydrogen-bond donors (Lipinski definition) is 1. The molecular formula is C13H13ClN2O3S. The Morgan fingerprint density at radius 2 is 2.20 bits per heavy atom. The fourth-order valence-electron chi connectivity index (χ4n) is 1.73. The van der Waals surface area contributed by atoms with Gasteiger partial charge >= 0.3 is 0 Å². The number of hydrogen-bond acceptors (Lipinski definition) is 5. The molecule has 0 radical (unpaired) electrons. The van der Waals surface area contributed by atoms with Gasteiger partial charge in [-0.2, -0.15) is 0 Å². The minimum absolute atomic E-state index is 0.116. The summed E-state index contributed by atoms with van der Waals surface area (Å²) in [6.45, 7) is 0. The van der Waals surface area contributed by atoms with Gasteiger partial charge in [0.1, 0.15) is 0 Å². The van der Waals surface area contributed by atoms with Crippen molar-refractivity contribution in [2.24, 2.45) is 4.99 Å². The van der Waals surface area contributed by atoms with Crippen LogP contribution in [0.25, 0.3) is 6.08 Å². The number of ether oxygens (including phenoxy) is 1. The van der Waals surface area contributed by atoms with E-state index in [2.05, 4.69) is 4.99 Å². The molecule has 1 fully saturated rings. The first-order valence-electron chi connectivity index (χ1n) is 5.68. The lowest BCUT2D eigenvalue weighted by molar-refractivity contribution is -0.121. The first kappa shape index (κ1) is 14.7. The summed E-state index contributed by atoms with van der Waals surface area (Å²) >= 11 is 7.21. The van der Waals surface area contributed by atoms with Gasteiger partial charge in [0.15, 0.2) is 16.7 Å². The van der Waals surface area contributed by atoms with Crippen molar-refractivity contribution in [2.45, 2.75) is 0 Å². The van der Waals surface area contributed by atoms with Gasteiger partial charge in [-0.25, -0.2) is 0 Å². The first-order chi connectivity index (χ1) is 9.47. The van der Waals surface area contributed by atoms with Gasteiger partial charge < -0.3 is 9.84 Å². The van der Waals surface area contributed by atoms with Crippen molar-refractivity contribution in [1.82, 2.24) is 4.90 Å². The van der Waals surface area contributed by atoms with E-state index in [-0.39, 0.29) is 22.4 Å². The van der Waals surface area contributed by atoms with Crippen molar-refractivity contribution < 1.29 is 14.6 Å². The molecule has 7 heteroatoms. The normalized spacial score (nSPS) is 19.2. The number of halogens is 1. The van der Waals surface area contributed by atoms with Gasteiger partial charge in [0, 0.05) is 14.1 Å². The Balaban J connectivity index is 2.42. The molecule has 0 bridgehead atoms. The number of methoxy groups -OCH3 is 1. The zero-order valence-corrected chi connectivity index (χ0v) is 12.7. The first-order valence-corrected chi connectivity index (χ1v) is 6.88. The van der Waals surface area contributed by atoms with Crippen molar-refractivity contribution in [3.05, 3.63) is 27.6 Å². The molecule has 1 aromatic rings. The molecule has 5 nitrogen and oxygen atoms in total. The van der Waals surface area contributed by atoms with Gasteiger partial charge in [0.05, 0.1) is 17.0 Å². The lowest BCUT2D eigenvalue weighted by Crippen LogP contribution is -2.23. The summed E-state index contributed by atoms with van der Waals surface area (Å²) in [6.07, 6.45) is 1.69. The van der Waals surface area contributed by atoms with Crippen LogP contribution in [0.15, 0.2) is 22.0 Å². The highest BCUT2D eigenvalue weighted by Crippen LogP contribution is 2.37. The van der Waals surface area contributed by atoms with E-state index >= 15 is 0 Å². The third-order valence-corrected chi connectivity index (χ3v) is 4.20. The molecule has 1 N–H and O–H groups in total. The predicted molar refractivity (Wildman–Crippen MR) is 81.4 cm³/mol. The highest BCUT2D eigenvalue weighted by atomic mass is 35.5. The van der Waals surface area contributed by atoms with Crippen LogP contribution in [0, 0.1) is 0 Å². The Kier molecular flexibility index (Phi) is 4.25. The predicted octanol–water partition coefficient (Wildman–Crippen LogP) is 2.59. The molecule has 0 atom stereocenters. The van der Waals surface area contributed by atoms with Gasteiger partial charge in [0.2, 0.25) is 0 Å². The summed E-state index contributed by atoms with van der Waals surface area (Å²) < 4.78 is 5.03. The molecule has 1 heterocycles. The number of likely N-dealkylation sites (N-methyl/N-ethyl adjacent to an activating group) is 1. The summed E-state index contributed by atoms with van der Waals surface area (Å²) in [7, 11) is 4.74. The summed E-state index contributed by atoms with van der Waals surface area (Å²) in [5.41, 5.74) is 0.672. The summed E-state index contributed by atoms with van der Waals surface area (Å²) in [5.74, 6) is 0.0194. The molecule has 0 unspecified atom stereocenters. The second-order valence-electron chi connectivity index (χ2n) is 4.03. The van der Waals surface area contributed by atoms with Gasteiger partial charge in [-0.05, 0) is 35.5 Å². The molecule has 1 amide bonds. The summed E-state index contributed by atoms with van der Waals surface area (Å²) in [4.78, 5) is 18.1. The number of amides is 1. The largest absolute Gasteiger partial charge is 0.503 e. The number of aliphatic imine (C=N–C) groups is 1. The van der Waals surface area contributed by atoms with Crippen LogP contribution in [0.2, 0.25) is 5.02 Å². The molecule has 1 saturated heterocycles. The molecule has 0 saturated carbocycles. The molecule has 2 rings (SSSR count). The average Bonchev–Trinajstić information content (AvgIpc) is 2.70. The van der Waals surface area contributed by atoms with E-state index in [0.29, 0.717) is 15.6 Å². The number of nitrogens with zero attached hydrogens (tertiary/aromatic N) is 2. The van der Waals surface area contributed by atoms with Crippen LogP contribution in [0.4, 0.5) is 0 Å². The number of amidine groups is 1. The van der Waals surface area contributed by atoms with E-state index in [1.54, 1.807) is 32.3 Å². The quantitative estimate of drug-likeness (QED) is 0.853. The number of aromatic hydroxyl groups is 1. The third kappa shape index (κ3) is 2.62. The second-order valence-corrected chi connectivity index (χ2v) is 5.45. The van der Waals surface area contributed by atoms with Gasteiger partial charge in [-0.15, -0.1) is 0 Å². The van der Waals surface area contributed by atoms with Crippen LogP contribution >= 0.6 is 23.4 Å². The Hall–Kier alpha value is -1.66. The Morgan fingerprint density at radius 3 is 2.75 bits per heavy atom. The van der Waals surface area contributed by atoms with E-state index in [0.717, 1.165) is 0 Å². The molecule has 1 aliphatic heterocycles. The molecule has 0 aromatic heterocycles. The van der Waals surface area contributed by atoms with Crippen molar-refractivity contribution in [2.75, 3.05) is 21.2 Å². The highest BCUT2D eigenvalue weighted by Gasteiger charge is 2.29. The zero-order chi connectivity index (χ0) is 14.9. The van der Waals surface area contributed by atoms with Crippen LogP contribution in [-0.2, 0) is 4.79 Å². The van der Waals surface area contributed by atoms with Crippen molar-refractivity contribution in [3.8, 4) is 11.5 Å². The molecule has 20 heavy (non-hydrogen) atoms. The fraction of sp³-hybridized carbons (Fsp3) is 0.231. The maximum atomic E-state index is 12.0. The van der Waals surface area contributed by atoms with Crippen LogP contribution in [0.5, 0.6) is 11.5 Å². The SMILES string of the molecule is CN=C1S/C(=C/c2cc(Cl)c(O)c(OC)c2)C(=O)N1C. The molecule has 1 aromatic carbocycles. The maximum absolute atomic E-state index is 12.0. The monoisotopic (exact) mass is 312 g/mol. The zero-order valence-electron chi connectivity index (χ0n) is 11.2. The fourth-order valence-corrected chi connectivity index (χ4v) is 2.88. The summed E-state index contributed by atoms with van der Waals surface area (Å²) in [6, 6.07) is 3.18. The maximum Gasteiger partial charge on any atom is 0.266 e. The Bertz CT molecular complexity index is 628. The van der Waals surface area contributed by atoms with Gasteiger partial charge in [-0.1, -0.05) is 11.6 Å². The standard InChI is InChI=1S/C13H13ClN2O3S/c1-15-13-16(2)12(18)10(20-13)6-7-4-8(14)11(17)9(5-7)19-3/h4-6,17H,1-3H3/b10-6+,15-13?. The third-order valence-electron chi connectivity index (χ3n) is 2.76. The number of carbonyl (C=O) groups excluding carboxylic acids is 1. The van der Waals surface area contributed by atoms with E-state index in [4.69, 9.17) is 16.3 Å². The van der Waals surface area contributed by atoms with Crippen LogP contribution in [0.1, 0.15) is 5.56 Å². The lowest BCUT2D eigenvalue weighted by atomic mass is 10.2. The number of phenols is 1. The van der Waals surface area contributed by atoms with E-state index < -0.39 is 0 Å². The molecule has 0 aliphatic carbocycles. The van der Waals surface area contributed by atoms with Gasteiger partial charge in [0.25, 0.3) is 5.91 Å². The Morgan fingerprint density at radius 1 is 1.50 bits per heavy atom. The number of rotatable bonds is 2. The van der Waals surface area contributed by atoms with Crippen molar-refractivity contribution in [3.63, 3.8) is 0 Å². The molecule has 106 valence electrons.